The van der Waals surface area contributed by atoms with Gasteiger partial charge in [0.1, 0.15) is 11.4 Å². The van der Waals surface area contributed by atoms with Crippen molar-refractivity contribution in [1.82, 2.24) is 14.5 Å². The molecule has 0 atom stereocenters. The van der Waals surface area contributed by atoms with Crippen LogP contribution in [-0.2, 0) is 6.54 Å². The highest BCUT2D eigenvalue weighted by atomic mass is 16.4. The van der Waals surface area contributed by atoms with E-state index >= 15 is 0 Å². The van der Waals surface area contributed by atoms with Crippen LogP contribution in [-0.4, -0.2) is 25.6 Å². The summed E-state index contributed by atoms with van der Waals surface area (Å²) in [5, 5.41) is 9.15. The van der Waals surface area contributed by atoms with Gasteiger partial charge in [-0.1, -0.05) is 25.5 Å². The van der Waals surface area contributed by atoms with Crippen LogP contribution in [0.1, 0.15) is 35.8 Å². The Hall–Kier alpha value is -2.69. The first-order valence-corrected chi connectivity index (χ1v) is 7.77. The lowest BCUT2D eigenvalue weighted by molar-refractivity contribution is 0.0690. The summed E-state index contributed by atoms with van der Waals surface area (Å²) in [6, 6.07) is 11.2. The number of aromatic nitrogens is 3. The van der Waals surface area contributed by atoms with Crippen LogP contribution in [0.2, 0.25) is 0 Å². The number of carbonyl (C=O) groups is 1. The van der Waals surface area contributed by atoms with E-state index in [1.807, 2.05) is 18.2 Å². The van der Waals surface area contributed by atoms with Crippen LogP contribution in [0.4, 0.5) is 0 Å². The SMILES string of the molecule is CCCCn1c(-c2cccc(C(=O)O)n2)nc2ccc(C)cc21. The number of aryl methyl sites for hydroxylation is 2. The molecule has 118 valence electrons. The Morgan fingerprint density at radius 3 is 2.78 bits per heavy atom. The Bertz CT molecular complexity index is 868. The van der Waals surface area contributed by atoms with Gasteiger partial charge in [0.2, 0.25) is 0 Å². The first kappa shape index (κ1) is 15.2. The van der Waals surface area contributed by atoms with Crippen molar-refractivity contribution in [2.75, 3.05) is 0 Å². The summed E-state index contributed by atoms with van der Waals surface area (Å²) in [6.45, 7) is 5.04. The number of hydrogen-bond acceptors (Lipinski definition) is 3. The zero-order valence-electron chi connectivity index (χ0n) is 13.3. The van der Waals surface area contributed by atoms with E-state index in [0.717, 1.165) is 36.2 Å². The maximum absolute atomic E-state index is 11.2. The van der Waals surface area contributed by atoms with Gasteiger partial charge in [-0.05, 0) is 43.2 Å². The molecule has 5 heteroatoms. The van der Waals surface area contributed by atoms with Crippen molar-refractivity contribution >= 4 is 17.0 Å². The Morgan fingerprint density at radius 1 is 1.22 bits per heavy atom. The van der Waals surface area contributed by atoms with E-state index in [1.165, 1.54) is 11.6 Å². The molecule has 0 radical (unpaired) electrons. The Kier molecular flexibility index (Phi) is 4.10. The second-order valence-corrected chi connectivity index (χ2v) is 5.65. The lowest BCUT2D eigenvalue weighted by Crippen LogP contribution is -2.05. The summed E-state index contributed by atoms with van der Waals surface area (Å²) in [5.74, 6) is -0.305. The second kappa shape index (κ2) is 6.20. The molecule has 0 spiro atoms. The smallest absolute Gasteiger partial charge is 0.354 e. The molecule has 3 rings (SSSR count). The average molecular weight is 309 g/mol. The largest absolute Gasteiger partial charge is 0.477 e. The fourth-order valence-corrected chi connectivity index (χ4v) is 2.65. The number of rotatable bonds is 5. The van der Waals surface area contributed by atoms with Crippen molar-refractivity contribution in [2.45, 2.75) is 33.2 Å². The number of unbranched alkanes of at least 4 members (excludes halogenated alkanes) is 1. The number of imidazole rings is 1. The van der Waals surface area contributed by atoms with Gasteiger partial charge >= 0.3 is 5.97 Å². The van der Waals surface area contributed by atoms with E-state index in [2.05, 4.69) is 34.4 Å². The van der Waals surface area contributed by atoms with Gasteiger partial charge in [0.05, 0.1) is 11.0 Å². The van der Waals surface area contributed by atoms with E-state index in [1.54, 1.807) is 6.07 Å². The predicted molar refractivity (Wildman–Crippen MR) is 89.6 cm³/mol. The van der Waals surface area contributed by atoms with Crippen LogP contribution in [0, 0.1) is 6.92 Å². The van der Waals surface area contributed by atoms with Crippen molar-refractivity contribution in [3.63, 3.8) is 0 Å². The number of pyridine rings is 1. The summed E-state index contributed by atoms with van der Waals surface area (Å²) < 4.78 is 2.14. The van der Waals surface area contributed by atoms with Crippen molar-refractivity contribution in [2.24, 2.45) is 0 Å². The zero-order valence-corrected chi connectivity index (χ0v) is 13.3. The van der Waals surface area contributed by atoms with Crippen molar-refractivity contribution in [1.29, 1.82) is 0 Å². The molecule has 0 saturated heterocycles. The summed E-state index contributed by atoms with van der Waals surface area (Å²) in [4.78, 5) is 20.1. The zero-order chi connectivity index (χ0) is 16.4. The van der Waals surface area contributed by atoms with Crippen LogP contribution in [0.5, 0.6) is 0 Å². The minimum absolute atomic E-state index is 0.0350. The Labute approximate surface area is 134 Å². The van der Waals surface area contributed by atoms with Gasteiger partial charge in [0, 0.05) is 6.54 Å². The third kappa shape index (κ3) is 2.95. The number of benzene rings is 1. The molecule has 0 aliphatic carbocycles. The summed E-state index contributed by atoms with van der Waals surface area (Å²) >= 11 is 0. The highest BCUT2D eigenvalue weighted by Gasteiger charge is 2.15. The fraction of sp³-hybridized carbons (Fsp3) is 0.278. The Balaban J connectivity index is 2.19. The number of carboxylic acids is 1. The van der Waals surface area contributed by atoms with Crippen LogP contribution in [0.3, 0.4) is 0 Å². The van der Waals surface area contributed by atoms with Gasteiger partial charge in [-0.15, -0.1) is 0 Å². The highest BCUT2D eigenvalue weighted by Crippen LogP contribution is 2.25. The molecule has 1 aromatic carbocycles. The van der Waals surface area contributed by atoms with Crippen LogP contribution in [0.15, 0.2) is 36.4 Å². The molecule has 0 aliphatic heterocycles. The fourth-order valence-electron chi connectivity index (χ4n) is 2.65. The predicted octanol–water partition coefficient (Wildman–Crippen LogP) is 3.91. The third-order valence-corrected chi connectivity index (χ3v) is 3.84. The van der Waals surface area contributed by atoms with Gasteiger partial charge in [0.15, 0.2) is 5.82 Å². The number of fused-ring (bicyclic) bond motifs is 1. The molecule has 2 aromatic heterocycles. The van der Waals surface area contributed by atoms with Crippen molar-refractivity contribution in [3.8, 4) is 11.5 Å². The molecular weight excluding hydrogens is 290 g/mol. The van der Waals surface area contributed by atoms with Crippen molar-refractivity contribution in [3.05, 3.63) is 47.7 Å². The molecule has 2 heterocycles. The molecule has 0 fully saturated rings. The maximum atomic E-state index is 11.2. The van der Waals surface area contributed by atoms with Crippen LogP contribution < -0.4 is 0 Å². The summed E-state index contributed by atoms with van der Waals surface area (Å²) in [6.07, 6.45) is 2.11. The summed E-state index contributed by atoms with van der Waals surface area (Å²) in [5.41, 5.74) is 3.77. The molecule has 0 amide bonds. The second-order valence-electron chi connectivity index (χ2n) is 5.65. The topological polar surface area (TPSA) is 68.0 Å². The van der Waals surface area contributed by atoms with E-state index in [4.69, 9.17) is 5.11 Å². The lowest BCUT2D eigenvalue weighted by atomic mass is 10.2. The normalized spacial score (nSPS) is 11.0. The third-order valence-electron chi connectivity index (χ3n) is 3.84. The monoisotopic (exact) mass is 309 g/mol. The Morgan fingerprint density at radius 2 is 2.04 bits per heavy atom. The minimum atomic E-state index is -1.03. The molecule has 0 bridgehead atoms. The molecule has 1 N–H and O–H groups in total. The minimum Gasteiger partial charge on any atom is -0.477 e. The van der Waals surface area contributed by atoms with E-state index in [9.17, 15) is 4.79 Å². The van der Waals surface area contributed by atoms with Gasteiger partial charge in [-0.25, -0.2) is 14.8 Å². The molecule has 0 saturated carbocycles. The maximum Gasteiger partial charge on any atom is 0.354 e. The quantitative estimate of drug-likeness (QED) is 0.776. The number of carboxylic acid groups (broad SMARTS) is 1. The van der Waals surface area contributed by atoms with E-state index < -0.39 is 5.97 Å². The standard InChI is InChI=1S/C18H19N3O2/c1-3-4-10-21-16-11-12(2)8-9-13(16)20-17(21)14-6-5-7-15(19-14)18(22)23/h5-9,11H,3-4,10H2,1-2H3,(H,22,23). The van der Waals surface area contributed by atoms with Crippen LogP contribution in [0.25, 0.3) is 22.6 Å². The molecule has 23 heavy (non-hydrogen) atoms. The van der Waals surface area contributed by atoms with Gasteiger partial charge < -0.3 is 9.67 Å². The van der Waals surface area contributed by atoms with Gasteiger partial charge in [-0.3, -0.25) is 0 Å². The molecule has 5 nitrogen and oxygen atoms in total. The van der Waals surface area contributed by atoms with Crippen molar-refractivity contribution < 1.29 is 9.90 Å². The first-order valence-electron chi connectivity index (χ1n) is 7.77. The molecule has 3 aromatic rings. The first-order chi connectivity index (χ1) is 11.1. The van der Waals surface area contributed by atoms with Crippen LogP contribution >= 0.6 is 0 Å². The summed E-state index contributed by atoms with van der Waals surface area (Å²) in [7, 11) is 0. The van der Waals surface area contributed by atoms with Gasteiger partial charge in [0.25, 0.3) is 0 Å². The average Bonchev–Trinajstić information content (AvgIpc) is 2.90. The van der Waals surface area contributed by atoms with E-state index in [-0.39, 0.29) is 5.69 Å². The lowest BCUT2D eigenvalue weighted by Gasteiger charge is -2.09. The number of hydrogen-bond donors (Lipinski definition) is 1. The number of nitrogens with zero attached hydrogens (tertiary/aromatic N) is 3. The van der Waals surface area contributed by atoms with Gasteiger partial charge in [-0.2, -0.15) is 0 Å². The molecule has 0 unspecified atom stereocenters. The highest BCUT2D eigenvalue weighted by molar-refractivity contribution is 5.86. The molecular formula is C18H19N3O2. The number of aromatic carboxylic acids is 1. The van der Waals surface area contributed by atoms with E-state index in [0.29, 0.717) is 5.69 Å². The molecule has 0 aliphatic rings.